The van der Waals surface area contributed by atoms with Crippen LogP contribution in [0.25, 0.3) is 0 Å². The van der Waals surface area contributed by atoms with Crippen molar-refractivity contribution in [1.29, 1.82) is 0 Å². The van der Waals surface area contributed by atoms with Gasteiger partial charge in [0.25, 0.3) is 0 Å². The van der Waals surface area contributed by atoms with E-state index >= 15 is 0 Å². The van der Waals surface area contributed by atoms with Crippen LogP contribution >= 0.6 is 0 Å². The highest BCUT2D eigenvalue weighted by molar-refractivity contribution is 5.77. The van der Waals surface area contributed by atoms with Gasteiger partial charge in [-0.05, 0) is 38.9 Å². The fourth-order valence-corrected chi connectivity index (χ4v) is 2.35. The van der Waals surface area contributed by atoms with Crippen molar-refractivity contribution in [2.24, 2.45) is 0 Å². The number of hydrogen-bond acceptors (Lipinski definition) is 4. The van der Waals surface area contributed by atoms with Crippen molar-refractivity contribution < 1.29 is 14.3 Å². The molecule has 22 heavy (non-hydrogen) atoms. The highest BCUT2D eigenvalue weighted by Gasteiger charge is 2.14. The molecule has 0 heterocycles. The zero-order chi connectivity index (χ0) is 16.8. The first-order valence-corrected chi connectivity index (χ1v) is 8.65. The molecule has 5 nitrogen and oxygen atoms in total. The van der Waals surface area contributed by atoms with Crippen LogP contribution in [-0.4, -0.2) is 61.5 Å². The minimum atomic E-state index is -0.253. The lowest BCUT2D eigenvalue weighted by Crippen LogP contribution is -2.34. The molecule has 0 unspecified atom stereocenters. The van der Waals surface area contributed by atoms with Crippen LogP contribution in [0.15, 0.2) is 0 Å². The molecule has 0 aliphatic carbocycles. The van der Waals surface area contributed by atoms with E-state index in [0.717, 1.165) is 51.9 Å². The number of hydrogen-bond donors (Lipinski definition) is 0. The van der Waals surface area contributed by atoms with E-state index in [4.69, 9.17) is 0 Å². The molecule has 0 N–H and O–H groups in total. The van der Waals surface area contributed by atoms with Gasteiger partial charge in [-0.2, -0.15) is 0 Å². The summed E-state index contributed by atoms with van der Waals surface area (Å²) in [6.45, 7) is 10.8. The van der Waals surface area contributed by atoms with Gasteiger partial charge < -0.3 is 14.5 Å². The molecular weight excluding hydrogens is 280 g/mol. The maximum Gasteiger partial charge on any atom is 0.307 e. The maximum atomic E-state index is 12.2. The minimum absolute atomic E-state index is 0.161. The lowest BCUT2D eigenvalue weighted by molar-refractivity contribution is -0.141. The summed E-state index contributed by atoms with van der Waals surface area (Å²) in [5.41, 5.74) is 0. The van der Waals surface area contributed by atoms with E-state index in [1.807, 2.05) is 4.90 Å². The monoisotopic (exact) mass is 314 g/mol. The minimum Gasteiger partial charge on any atom is -0.469 e. The van der Waals surface area contributed by atoms with Gasteiger partial charge >= 0.3 is 5.97 Å². The molecule has 1 amide bonds. The molecule has 5 heteroatoms. The summed E-state index contributed by atoms with van der Waals surface area (Å²) in [4.78, 5) is 27.7. The van der Waals surface area contributed by atoms with Gasteiger partial charge in [0.05, 0.1) is 13.5 Å². The second-order valence-electron chi connectivity index (χ2n) is 5.54. The van der Waals surface area contributed by atoms with Crippen LogP contribution in [0.5, 0.6) is 0 Å². The molecule has 0 fully saturated rings. The molecule has 0 saturated heterocycles. The molecule has 130 valence electrons. The van der Waals surface area contributed by atoms with Crippen molar-refractivity contribution in [1.82, 2.24) is 9.80 Å². The second kappa shape index (κ2) is 13.6. The molecule has 0 aliphatic rings. The fourth-order valence-electron chi connectivity index (χ4n) is 2.35. The molecule has 0 bridgehead atoms. The summed E-state index contributed by atoms with van der Waals surface area (Å²) in [6, 6.07) is 0. The Labute approximate surface area is 136 Å². The van der Waals surface area contributed by atoms with Crippen molar-refractivity contribution in [3.63, 3.8) is 0 Å². The summed E-state index contributed by atoms with van der Waals surface area (Å²) in [5, 5.41) is 0. The van der Waals surface area contributed by atoms with Gasteiger partial charge in [-0.1, -0.05) is 27.2 Å². The Morgan fingerprint density at radius 3 is 2.05 bits per heavy atom. The maximum absolute atomic E-state index is 12.2. The molecule has 0 saturated carbocycles. The number of ether oxygens (including phenoxy) is 1. The average Bonchev–Trinajstić information content (AvgIpc) is 2.54. The van der Waals surface area contributed by atoms with Crippen molar-refractivity contribution >= 4 is 11.9 Å². The van der Waals surface area contributed by atoms with Crippen LogP contribution in [-0.2, 0) is 14.3 Å². The lowest BCUT2D eigenvalue weighted by atomic mass is 10.2. The average molecular weight is 314 g/mol. The Bertz CT molecular complexity index is 304. The topological polar surface area (TPSA) is 49.9 Å². The second-order valence-corrected chi connectivity index (χ2v) is 5.54. The third-order valence-corrected chi connectivity index (χ3v) is 3.96. The predicted molar refractivity (Wildman–Crippen MR) is 89.8 cm³/mol. The third-order valence-electron chi connectivity index (χ3n) is 3.96. The first-order chi connectivity index (χ1) is 10.6. The lowest BCUT2D eigenvalue weighted by Gasteiger charge is -2.23. The number of methoxy groups -OCH3 is 1. The number of rotatable bonds is 13. The number of carbonyl (C=O) groups excluding carboxylic acids is 2. The van der Waals surface area contributed by atoms with Gasteiger partial charge in [-0.3, -0.25) is 9.59 Å². The van der Waals surface area contributed by atoms with Gasteiger partial charge in [0.1, 0.15) is 0 Å². The Morgan fingerprint density at radius 2 is 1.50 bits per heavy atom. The van der Waals surface area contributed by atoms with Gasteiger partial charge in [0, 0.05) is 19.5 Å². The zero-order valence-electron chi connectivity index (χ0n) is 14.9. The van der Waals surface area contributed by atoms with E-state index in [1.54, 1.807) is 0 Å². The van der Waals surface area contributed by atoms with Crippen LogP contribution in [0, 0.1) is 0 Å². The molecule has 0 aromatic heterocycles. The van der Waals surface area contributed by atoms with Crippen LogP contribution < -0.4 is 0 Å². The van der Waals surface area contributed by atoms with Crippen molar-refractivity contribution in [3.05, 3.63) is 0 Å². The smallest absolute Gasteiger partial charge is 0.307 e. The van der Waals surface area contributed by atoms with Crippen LogP contribution in [0.4, 0.5) is 0 Å². The normalized spacial score (nSPS) is 10.8. The van der Waals surface area contributed by atoms with E-state index in [-0.39, 0.29) is 18.3 Å². The first kappa shape index (κ1) is 20.9. The molecular formula is C17H34N2O3. The summed E-state index contributed by atoms with van der Waals surface area (Å²) < 4.78 is 4.66. The quantitative estimate of drug-likeness (QED) is 0.387. The van der Waals surface area contributed by atoms with E-state index in [9.17, 15) is 9.59 Å². The van der Waals surface area contributed by atoms with Crippen LogP contribution in [0.1, 0.15) is 59.3 Å². The number of esters is 1. The zero-order valence-corrected chi connectivity index (χ0v) is 14.9. The molecule has 0 aromatic rings. The molecule has 0 atom stereocenters. The van der Waals surface area contributed by atoms with Gasteiger partial charge in [-0.15, -0.1) is 0 Å². The van der Waals surface area contributed by atoms with E-state index in [1.165, 1.54) is 7.11 Å². The van der Waals surface area contributed by atoms with Crippen molar-refractivity contribution in [2.45, 2.75) is 59.3 Å². The highest BCUT2D eigenvalue weighted by Crippen LogP contribution is 2.05. The summed E-state index contributed by atoms with van der Waals surface area (Å²) in [7, 11) is 1.38. The van der Waals surface area contributed by atoms with Gasteiger partial charge in [0.2, 0.25) is 5.91 Å². The van der Waals surface area contributed by atoms with E-state index < -0.39 is 0 Å². The first-order valence-electron chi connectivity index (χ1n) is 8.65. The van der Waals surface area contributed by atoms with E-state index in [2.05, 4.69) is 30.4 Å². The fraction of sp³-hybridized carbons (Fsp3) is 0.882. The number of carbonyl (C=O) groups is 2. The van der Waals surface area contributed by atoms with Crippen LogP contribution in [0.2, 0.25) is 0 Å². The predicted octanol–water partition coefficient (Wildman–Crippen LogP) is 2.69. The summed E-state index contributed by atoms with van der Waals surface area (Å²) >= 11 is 0. The molecule has 0 aliphatic heterocycles. The van der Waals surface area contributed by atoms with Crippen molar-refractivity contribution in [3.8, 4) is 0 Å². The SMILES string of the molecule is CCCCC(=O)N(CCCCN(CC)CC)CCC(=O)OC. The van der Waals surface area contributed by atoms with E-state index in [0.29, 0.717) is 13.0 Å². The highest BCUT2D eigenvalue weighted by atomic mass is 16.5. The summed E-state index contributed by atoms with van der Waals surface area (Å²) in [6.07, 6.45) is 4.84. The summed E-state index contributed by atoms with van der Waals surface area (Å²) in [5.74, 6) is -0.0926. The van der Waals surface area contributed by atoms with Crippen molar-refractivity contribution in [2.75, 3.05) is 39.8 Å². The molecule has 0 radical (unpaired) electrons. The largest absolute Gasteiger partial charge is 0.469 e. The Hall–Kier alpha value is -1.10. The third kappa shape index (κ3) is 9.77. The van der Waals surface area contributed by atoms with Crippen LogP contribution in [0.3, 0.4) is 0 Å². The molecule has 0 spiro atoms. The standard InChI is InChI=1S/C17H34N2O3/c1-5-8-11-16(20)19(15-12-17(21)22-4)14-10-9-13-18(6-2)7-3/h5-15H2,1-4H3. The number of unbranched alkanes of at least 4 members (excludes halogenated alkanes) is 2. The Kier molecular flexibility index (Phi) is 12.9. The molecule has 0 rings (SSSR count). The Balaban J connectivity index is 4.21. The molecule has 0 aromatic carbocycles. The number of nitrogens with zero attached hydrogens (tertiary/aromatic N) is 2. The van der Waals surface area contributed by atoms with Gasteiger partial charge in [0.15, 0.2) is 0 Å². The Morgan fingerprint density at radius 1 is 0.864 bits per heavy atom. The van der Waals surface area contributed by atoms with Gasteiger partial charge in [-0.25, -0.2) is 0 Å². The number of amides is 1.